The molecule has 1 amide bonds. The van der Waals surface area contributed by atoms with Crippen LogP contribution in [0.4, 0.5) is 10.1 Å². The predicted octanol–water partition coefficient (Wildman–Crippen LogP) is 2.25. The van der Waals surface area contributed by atoms with Crippen LogP contribution in [0.1, 0.15) is 19.3 Å². The number of para-hydroxylation sites is 1. The summed E-state index contributed by atoms with van der Waals surface area (Å²) in [6.45, 7) is 2.32. The zero-order valence-electron chi connectivity index (χ0n) is 9.79. The summed E-state index contributed by atoms with van der Waals surface area (Å²) in [5.41, 5.74) is 0.528. The topological polar surface area (TPSA) is 32.3 Å². The van der Waals surface area contributed by atoms with Crippen LogP contribution in [0, 0.1) is 5.82 Å². The van der Waals surface area contributed by atoms with Gasteiger partial charge in [0.15, 0.2) is 0 Å². The lowest BCUT2D eigenvalue weighted by atomic mass is 10.3. The van der Waals surface area contributed by atoms with Crippen LogP contribution < -0.4 is 5.32 Å². The number of anilines is 1. The maximum absolute atomic E-state index is 13.3. The van der Waals surface area contributed by atoms with Gasteiger partial charge in [-0.15, -0.1) is 0 Å². The molecule has 0 aromatic heterocycles. The van der Waals surface area contributed by atoms with Gasteiger partial charge in [-0.1, -0.05) is 12.1 Å². The maximum atomic E-state index is 13.3. The fourth-order valence-corrected chi connectivity index (χ4v) is 2.04. The zero-order valence-corrected chi connectivity index (χ0v) is 9.79. The van der Waals surface area contributed by atoms with Gasteiger partial charge >= 0.3 is 0 Å². The Bertz CT molecular complexity index is 395. The SMILES string of the molecule is O=C1CCCN1CCCNc1ccccc1F. The first-order chi connectivity index (χ1) is 8.27. The van der Waals surface area contributed by atoms with E-state index in [1.807, 2.05) is 4.90 Å². The molecule has 1 aromatic rings. The number of rotatable bonds is 5. The average Bonchev–Trinajstić information content (AvgIpc) is 2.73. The summed E-state index contributed by atoms with van der Waals surface area (Å²) in [4.78, 5) is 13.2. The van der Waals surface area contributed by atoms with Gasteiger partial charge in [-0.25, -0.2) is 4.39 Å². The van der Waals surface area contributed by atoms with E-state index in [0.717, 1.165) is 25.9 Å². The number of amides is 1. The summed E-state index contributed by atoms with van der Waals surface area (Å²) < 4.78 is 13.3. The lowest BCUT2D eigenvalue weighted by Crippen LogP contribution is -2.27. The molecule has 1 aromatic carbocycles. The third kappa shape index (κ3) is 3.19. The molecule has 0 aliphatic carbocycles. The van der Waals surface area contributed by atoms with Gasteiger partial charge in [-0.05, 0) is 25.0 Å². The van der Waals surface area contributed by atoms with Crippen LogP contribution in [-0.4, -0.2) is 30.4 Å². The number of carbonyl (C=O) groups excluding carboxylic acids is 1. The highest BCUT2D eigenvalue weighted by molar-refractivity contribution is 5.77. The Labute approximate surface area is 101 Å². The van der Waals surface area contributed by atoms with E-state index >= 15 is 0 Å². The number of nitrogens with one attached hydrogen (secondary N) is 1. The molecule has 2 rings (SSSR count). The molecule has 92 valence electrons. The van der Waals surface area contributed by atoms with Crippen molar-refractivity contribution in [2.24, 2.45) is 0 Å². The maximum Gasteiger partial charge on any atom is 0.222 e. The lowest BCUT2D eigenvalue weighted by Gasteiger charge is -2.15. The van der Waals surface area contributed by atoms with Crippen LogP contribution in [0.5, 0.6) is 0 Å². The molecule has 0 unspecified atom stereocenters. The normalized spacial score (nSPS) is 15.4. The van der Waals surface area contributed by atoms with Gasteiger partial charge in [0, 0.05) is 26.1 Å². The molecule has 3 nitrogen and oxygen atoms in total. The summed E-state index contributed by atoms with van der Waals surface area (Å²) in [6, 6.07) is 6.63. The first-order valence-electron chi connectivity index (χ1n) is 6.03. The van der Waals surface area contributed by atoms with E-state index in [4.69, 9.17) is 0 Å². The summed E-state index contributed by atoms with van der Waals surface area (Å²) in [6.07, 6.45) is 2.50. The Balaban J connectivity index is 1.70. The number of carbonyl (C=O) groups is 1. The van der Waals surface area contributed by atoms with Crippen molar-refractivity contribution in [2.45, 2.75) is 19.3 Å². The predicted molar refractivity (Wildman–Crippen MR) is 65.3 cm³/mol. The van der Waals surface area contributed by atoms with Crippen molar-refractivity contribution in [1.82, 2.24) is 4.90 Å². The summed E-state index contributed by atoms with van der Waals surface area (Å²) in [7, 11) is 0. The van der Waals surface area contributed by atoms with Crippen molar-refractivity contribution in [2.75, 3.05) is 25.0 Å². The first kappa shape index (κ1) is 11.9. The highest BCUT2D eigenvalue weighted by Crippen LogP contribution is 2.13. The van der Waals surface area contributed by atoms with Crippen molar-refractivity contribution >= 4 is 11.6 Å². The number of hydrogen-bond donors (Lipinski definition) is 1. The van der Waals surface area contributed by atoms with E-state index < -0.39 is 0 Å². The minimum absolute atomic E-state index is 0.232. The number of likely N-dealkylation sites (tertiary alicyclic amines) is 1. The van der Waals surface area contributed by atoms with Crippen LogP contribution in [0.25, 0.3) is 0 Å². The number of hydrogen-bond acceptors (Lipinski definition) is 2. The van der Waals surface area contributed by atoms with E-state index in [0.29, 0.717) is 18.7 Å². The van der Waals surface area contributed by atoms with Gasteiger partial charge in [0.25, 0.3) is 0 Å². The quantitative estimate of drug-likeness (QED) is 0.795. The Hall–Kier alpha value is -1.58. The van der Waals surface area contributed by atoms with Crippen LogP contribution in [0.3, 0.4) is 0 Å². The lowest BCUT2D eigenvalue weighted by molar-refractivity contribution is -0.127. The van der Waals surface area contributed by atoms with Gasteiger partial charge in [-0.2, -0.15) is 0 Å². The molecule has 0 bridgehead atoms. The molecule has 1 heterocycles. The second-order valence-corrected chi connectivity index (χ2v) is 4.24. The van der Waals surface area contributed by atoms with Crippen molar-refractivity contribution < 1.29 is 9.18 Å². The minimum Gasteiger partial charge on any atom is -0.383 e. The molecule has 1 saturated heterocycles. The molecule has 0 atom stereocenters. The summed E-state index contributed by atoms with van der Waals surface area (Å²) >= 11 is 0. The van der Waals surface area contributed by atoms with Crippen molar-refractivity contribution in [3.8, 4) is 0 Å². The molecule has 0 saturated carbocycles. The highest BCUT2D eigenvalue weighted by atomic mass is 19.1. The van der Waals surface area contributed by atoms with E-state index in [9.17, 15) is 9.18 Å². The Morgan fingerprint density at radius 3 is 2.88 bits per heavy atom. The molecule has 1 aliphatic heterocycles. The van der Waals surface area contributed by atoms with Gasteiger partial charge in [0.2, 0.25) is 5.91 Å². The van der Waals surface area contributed by atoms with E-state index in [2.05, 4.69) is 5.32 Å². The molecule has 4 heteroatoms. The fraction of sp³-hybridized carbons (Fsp3) is 0.462. The third-order valence-corrected chi connectivity index (χ3v) is 2.97. The van der Waals surface area contributed by atoms with E-state index in [1.165, 1.54) is 6.07 Å². The Morgan fingerprint density at radius 2 is 2.18 bits per heavy atom. The van der Waals surface area contributed by atoms with Crippen LogP contribution in [-0.2, 0) is 4.79 Å². The van der Waals surface area contributed by atoms with Gasteiger partial charge < -0.3 is 10.2 Å². The monoisotopic (exact) mass is 236 g/mol. The molecule has 1 fully saturated rings. The molecule has 17 heavy (non-hydrogen) atoms. The van der Waals surface area contributed by atoms with Crippen molar-refractivity contribution in [1.29, 1.82) is 0 Å². The molecular formula is C13H17FN2O. The Kier molecular flexibility index (Phi) is 3.96. The van der Waals surface area contributed by atoms with E-state index in [-0.39, 0.29) is 11.7 Å². The van der Waals surface area contributed by atoms with Crippen LogP contribution in [0.15, 0.2) is 24.3 Å². The second-order valence-electron chi connectivity index (χ2n) is 4.24. The first-order valence-corrected chi connectivity index (χ1v) is 6.03. The number of benzene rings is 1. The molecule has 1 N–H and O–H groups in total. The van der Waals surface area contributed by atoms with Crippen molar-refractivity contribution in [3.63, 3.8) is 0 Å². The molecule has 0 radical (unpaired) electrons. The Morgan fingerprint density at radius 1 is 1.35 bits per heavy atom. The molecule has 1 aliphatic rings. The van der Waals surface area contributed by atoms with Crippen LogP contribution in [0.2, 0.25) is 0 Å². The number of nitrogens with zero attached hydrogens (tertiary/aromatic N) is 1. The van der Waals surface area contributed by atoms with Gasteiger partial charge in [-0.3, -0.25) is 4.79 Å². The standard InChI is InChI=1S/C13H17FN2O/c14-11-5-1-2-6-12(11)15-8-4-10-16-9-3-7-13(16)17/h1-2,5-6,15H,3-4,7-10H2. The second kappa shape index (κ2) is 5.66. The molecule has 0 spiro atoms. The average molecular weight is 236 g/mol. The fourth-order valence-electron chi connectivity index (χ4n) is 2.04. The minimum atomic E-state index is -0.232. The van der Waals surface area contributed by atoms with Gasteiger partial charge in [0.1, 0.15) is 5.82 Å². The van der Waals surface area contributed by atoms with Crippen molar-refractivity contribution in [3.05, 3.63) is 30.1 Å². The summed E-state index contributed by atoms with van der Waals surface area (Å²) in [5.74, 6) is 0.0145. The van der Waals surface area contributed by atoms with Crippen LogP contribution >= 0.6 is 0 Å². The largest absolute Gasteiger partial charge is 0.383 e. The zero-order chi connectivity index (χ0) is 12.1. The highest BCUT2D eigenvalue weighted by Gasteiger charge is 2.18. The smallest absolute Gasteiger partial charge is 0.222 e. The summed E-state index contributed by atoms with van der Waals surface area (Å²) in [5, 5.41) is 3.04. The number of halogens is 1. The van der Waals surface area contributed by atoms with E-state index in [1.54, 1.807) is 18.2 Å². The molecular weight excluding hydrogens is 219 g/mol. The third-order valence-electron chi connectivity index (χ3n) is 2.97. The van der Waals surface area contributed by atoms with Gasteiger partial charge in [0.05, 0.1) is 5.69 Å².